The first-order valence-corrected chi connectivity index (χ1v) is 25.5. The zero-order valence-corrected chi connectivity index (χ0v) is 38.4. The highest BCUT2D eigenvalue weighted by Crippen LogP contribution is 2.46. The maximum absolute atomic E-state index is 16.4. The van der Waals surface area contributed by atoms with Crippen LogP contribution in [-0.2, 0) is 0 Å². The van der Waals surface area contributed by atoms with Crippen LogP contribution in [-0.4, -0.2) is 13.3 Å². The van der Waals surface area contributed by atoms with E-state index in [2.05, 4.69) is 27.2 Å². The molecule has 0 radical (unpaired) electrons. The number of hydrogen-bond donors (Lipinski definition) is 0. The van der Waals surface area contributed by atoms with Gasteiger partial charge in [-0.1, -0.05) is 148 Å². The topological polar surface area (TPSA) is 30.7 Å². The van der Waals surface area contributed by atoms with Crippen LogP contribution >= 0.6 is 34.4 Å². The van der Waals surface area contributed by atoms with Crippen LogP contribution in [0.25, 0.3) is 64.2 Å². The number of rotatable bonds is 26. The number of fused-ring (bicyclic) bond motifs is 4. The van der Waals surface area contributed by atoms with Gasteiger partial charge >= 0.3 is 0 Å². The van der Waals surface area contributed by atoms with Crippen LogP contribution in [0.1, 0.15) is 161 Å². The van der Waals surface area contributed by atoms with Gasteiger partial charge in [-0.05, 0) is 66.8 Å². The Morgan fingerprint density at radius 3 is 1.62 bits per heavy atom. The Kier molecular flexibility index (Phi) is 16.9. The number of unbranched alkanes of at least 4 members (excludes halogenated alkanes) is 18. The molecule has 10 heteroatoms. The molecule has 0 saturated carbocycles. The Labute approximate surface area is 371 Å². The van der Waals surface area contributed by atoms with Crippen molar-refractivity contribution in [1.82, 2.24) is 13.3 Å². The third-order valence-corrected chi connectivity index (χ3v) is 15.0. The van der Waals surface area contributed by atoms with Gasteiger partial charge in [0.05, 0.1) is 28.4 Å². The molecule has 0 unspecified atom stereocenters. The normalized spacial score (nSPS) is 12.0. The quantitative estimate of drug-likeness (QED) is 0.0401. The van der Waals surface area contributed by atoms with Gasteiger partial charge in [-0.25, -0.2) is 17.6 Å². The molecular formula is C51H61F4N3S3. The van der Waals surface area contributed by atoms with Crippen LogP contribution in [0.4, 0.5) is 17.6 Å². The second kappa shape index (κ2) is 22.7. The maximum Gasteiger partial charge on any atom is 0.170 e. The summed E-state index contributed by atoms with van der Waals surface area (Å²) in [5.41, 5.74) is 2.94. The van der Waals surface area contributed by atoms with Gasteiger partial charge in [0.25, 0.3) is 0 Å². The van der Waals surface area contributed by atoms with Gasteiger partial charge in [0, 0.05) is 42.5 Å². The Morgan fingerprint density at radius 1 is 0.541 bits per heavy atom. The third-order valence-electron chi connectivity index (χ3n) is 12.5. The van der Waals surface area contributed by atoms with Crippen molar-refractivity contribution >= 4 is 67.2 Å². The number of hydrogen-bond acceptors (Lipinski definition) is 5. The number of aromatic nitrogens is 3. The molecule has 4 heterocycles. The molecule has 61 heavy (non-hydrogen) atoms. The lowest BCUT2D eigenvalue weighted by atomic mass is 9.99. The molecule has 0 amide bonds. The molecule has 3 nitrogen and oxygen atoms in total. The van der Waals surface area contributed by atoms with Crippen LogP contribution in [0.15, 0.2) is 60.0 Å². The molecule has 0 bridgehead atoms. The van der Waals surface area contributed by atoms with E-state index < -0.39 is 17.5 Å². The van der Waals surface area contributed by atoms with E-state index in [1.807, 2.05) is 17.5 Å². The number of benzene rings is 3. The summed E-state index contributed by atoms with van der Waals surface area (Å²) in [6.07, 6.45) is 27.4. The maximum atomic E-state index is 16.4. The highest BCUT2D eigenvalue weighted by molar-refractivity contribution is 7.19. The molecule has 0 saturated heterocycles. The Bertz CT molecular complexity index is 2420. The average molecular weight is 888 g/mol. The first kappa shape index (κ1) is 45.4. The molecule has 7 aromatic rings. The summed E-state index contributed by atoms with van der Waals surface area (Å²) < 4.78 is 74.5. The Morgan fingerprint density at radius 2 is 1.07 bits per heavy atom. The second-order valence-electron chi connectivity index (χ2n) is 17.0. The van der Waals surface area contributed by atoms with Crippen LogP contribution in [0, 0.1) is 23.3 Å². The predicted octanol–water partition coefficient (Wildman–Crippen LogP) is 18.6. The van der Waals surface area contributed by atoms with Gasteiger partial charge in [0.15, 0.2) is 11.6 Å². The predicted molar refractivity (Wildman–Crippen MR) is 254 cm³/mol. The second-order valence-corrected chi connectivity index (χ2v) is 19.5. The Balaban J connectivity index is 1.17. The summed E-state index contributed by atoms with van der Waals surface area (Å²) in [5, 5.41) is 3.22. The van der Waals surface area contributed by atoms with Gasteiger partial charge in [-0.3, -0.25) is 0 Å². The molecule has 4 aromatic heterocycles. The van der Waals surface area contributed by atoms with E-state index in [-0.39, 0.29) is 23.0 Å². The average Bonchev–Trinajstić information content (AvgIpc) is 4.10. The fraction of sp³-hybridized carbons (Fsp3) is 0.490. The largest absolute Gasteiger partial charge is 0.337 e. The SMILES string of the molecule is CCCCCCCCCCCCC(CCCCCCCCCCCC)n1c2ccc(F)cc2c2cc(F)c(-c3ccc(-c4c(F)c(F)c(-c5cccs5)c5nsnc45)s3)cc21. The number of thiophene rings is 2. The molecule has 0 atom stereocenters. The lowest BCUT2D eigenvalue weighted by Crippen LogP contribution is -2.09. The van der Waals surface area contributed by atoms with Crippen molar-refractivity contribution in [2.75, 3.05) is 0 Å². The molecule has 0 spiro atoms. The zero-order valence-electron chi connectivity index (χ0n) is 36.0. The minimum Gasteiger partial charge on any atom is -0.337 e. The van der Waals surface area contributed by atoms with Crippen LogP contribution < -0.4 is 0 Å². The lowest BCUT2D eigenvalue weighted by molar-refractivity contribution is 0.408. The minimum atomic E-state index is -0.989. The van der Waals surface area contributed by atoms with Crippen molar-refractivity contribution in [1.29, 1.82) is 0 Å². The van der Waals surface area contributed by atoms with E-state index in [1.165, 1.54) is 144 Å². The summed E-state index contributed by atoms with van der Waals surface area (Å²) in [6, 6.07) is 15.6. The highest BCUT2D eigenvalue weighted by atomic mass is 32.1. The van der Waals surface area contributed by atoms with E-state index in [0.29, 0.717) is 42.0 Å². The number of nitrogens with zero attached hydrogens (tertiary/aromatic N) is 3. The zero-order chi connectivity index (χ0) is 42.6. The van der Waals surface area contributed by atoms with E-state index in [1.54, 1.807) is 36.4 Å². The van der Waals surface area contributed by atoms with E-state index >= 15 is 13.2 Å². The molecule has 7 rings (SSSR count). The standard InChI is InChI=1S/C51H61F4N3S3/c1-3-5-7-9-11-13-15-17-19-21-24-36(25-22-20-18-16-14-12-10-8-6-4-2)58-41-28-27-35(52)32-37(41)38-33-40(53)39(34-42(38)58)43-29-30-45(60-43)47-49(55)48(54)46(44-26-23-31-59-44)50-51(47)57-61-56-50/h23,26-34,36H,3-22,24-25H2,1-2H3. The Hall–Kier alpha value is -3.60. The summed E-state index contributed by atoms with van der Waals surface area (Å²) in [6.45, 7) is 4.52. The highest BCUT2D eigenvalue weighted by Gasteiger charge is 2.27. The molecular weight excluding hydrogens is 827 g/mol. The van der Waals surface area contributed by atoms with Crippen LogP contribution in [0.5, 0.6) is 0 Å². The van der Waals surface area contributed by atoms with Crippen molar-refractivity contribution in [3.63, 3.8) is 0 Å². The molecule has 0 N–H and O–H groups in total. The molecule has 326 valence electrons. The summed E-state index contributed by atoms with van der Waals surface area (Å²) in [5.74, 6) is -2.74. The van der Waals surface area contributed by atoms with Gasteiger partial charge in [-0.2, -0.15) is 8.75 Å². The first-order chi connectivity index (χ1) is 29.9. The first-order valence-electron chi connectivity index (χ1n) is 23.1. The van der Waals surface area contributed by atoms with Crippen molar-refractivity contribution in [2.24, 2.45) is 0 Å². The molecule has 0 aliphatic rings. The van der Waals surface area contributed by atoms with Crippen LogP contribution in [0.3, 0.4) is 0 Å². The van der Waals surface area contributed by atoms with E-state index in [9.17, 15) is 4.39 Å². The van der Waals surface area contributed by atoms with Gasteiger partial charge in [0.2, 0.25) is 0 Å². The third kappa shape index (κ3) is 11.0. The summed E-state index contributed by atoms with van der Waals surface area (Å²) in [4.78, 5) is 1.62. The fourth-order valence-electron chi connectivity index (χ4n) is 9.19. The summed E-state index contributed by atoms with van der Waals surface area (Å²) >= 11 is 3.44. The molecule has 0 fully saturated rings. The molecule has 0 aliphatic carbocycles. The summed E-state index contributed by atoms with van der Waals surface area (Å²) in [7, 11) is 0. The minimum absolute atomic E-state index is 0.0388. The molecule has 0 aliphatic heterocycles. The smallest absolute Gasteiger partial charge is 0.170 e. The van der Waals surface area contributed by atoms with Gasteiger partial charge in [-0.15, -0.1) is 22.7 Å². The van der Waals surface area contributed by atoms with Crippen molar-refractivity contribution < 1.29 is 17.6 Å². The van der Waals surface area contributed by atoms with E-state index in [0.717, 1.165) is 48.4 Å². The van der Waals surface area contributed by atoms with Crippen molar-refractivity contribution in [3.05, 3.63) is 83.2 Å². The molecule has 3 aromatic carbocycles. The van der Waals surface area contributed by atoms with E-state index in [4.69, 9.17) is 0 Å². The van der Waals surface area contributed by atoms with Crippen molar-refractivity contribution in [2.45, 2.75) is 161 Å². The van der Waals surface area contributed by atoms with Crippen molar-refractivity contribution in [3.8, 4) is 31.3 Å². The monoisotopic (exact) mass is 887 g/mol. The van der Waals surface area contributed by atoms with Gasteiger partial charge < -0.3 is 4.57 Å². The van der Waals surface area contributed by atoms with Gasteiger partial charge in [0.1, 0.15) is 22.7 Å². The lowest BCUT2D eigenvalue weighted by Gasteiger charge is -2.22. The fourth-order valence-corrected chi connectivity index (χ4v) is 11.6. The number of halogens is 4. The van der Waals surface area contributed by atoms with Crippen LogP contribution in [0.2, 0.25) is 0 Å².